The van der Waals surface area contributed by atoms with E-state index in [-0.39, 0.29) is 12.1 Å². The van der Waals surface area contributed by atoms with Gasteiger partial charge in [-0.1, -0.05) is 20.3 Å². The van der Waals surface area contributed by atoms with Crippen LogP contribution in [0.15, 0.2) is 0 Å². The van der Waals surface area contributed by atoms with Crippen molar-refractivity contribution in [2.24, 2.45) is 0 Å². The summed E-state index contributed by atoms with van der Waals surface area (Å²) >= 11 is 0. The Bertz CT molecular complexity index is 198. The van der Waals surface area contributed by atoms with Crippen LogP contribution in [0.3, 0.4) is 0 Å². The molecule has 5 nitrogen and oxygen atoms in total. The molecular weight excluding hydrogens is 258 g/mol. The fraction of sp³-hybridized carbons (Fsp3) is 1.00. The highest BCUT2D eigenvalue weighted by atomic mass is 16.5. The molecule has 0 saturated heterocycles. The van der Waals surface area contributed by atoms with Gasteiger partial charge in [0, 0.05) is 18.7 Å². The molecule has 0 aromatic carbocycles. The van der Waals surface area contributed by atoms with Gasteiger partial charge in [-0.15, -0.1) is 0 Å². The van der Waals surface area contributed by atoms with Gasteiger partial charge in [0.2, 0.25) is 0 Å². The minimum Gasteiger partial charge on any atom is -0.394 e. The van der Waals surface area contributed by atoms with Crippen LogP contribution in [-0.2, 0) is 14.2 Å². The monoisotopic (exact) mass is 291 g/mol. The highest BCUT2D eigenvalue weighted by Gasteiger charge is 2.18. The number of nitrogens with one attached hydrogen (secondary N) is 1. The summed E-state index contributed by atoms with van der Waals surface area (Å²) in [6, 6.07) is 0. The lowest BCUT2D eigenvalue weighted by Gasteiger charge is -2.27. The van der Waals surface area contributed by atoms with Crippen LogP contribution in [0.1, 0.15) is 40.0 Å². The molecule has 1 atom stereocenters. The maximum Gasteiger partial charge on any atom is 0.0701 e. The van der Waals surface area contributed by atoms with Crippen molar-refractivity contribution in [3.05, 3.63) is 0 Å². The molecule has 0 aliphatic rings. The quantitative estimate of drug-likeness (QED) is 0.449. The van der Waals surface area contributed by atoms with Crippen LogP contribution in [0.2, 0.25) is 0 Å². The second kappa shape index (κ2) is 13.8. The molecule has 0 amide bonds. The van der Waals surface area contributed by atoms with Crippen molar-refractivity contribution < 1.29 is 19.3 Å². The van der Waals surface area contributed by atoms with Gasteiger partial charge in [0.05, 0.1) is 39.6 Å². The molecule has 20 heavy (non-hydrogen) atoms. The van der Waals surface area contributed by atoms with Crippen LogP contribution in [-0.4, -0.2) is 63.4 Å². The molecule has 0 spiro atoms. The van der Waals surface area contributed by atoms with Gasteiger partial charge < -0.3 is 24.6 Å². The summed E-state index contributed by atoms with van der Waals surface area (Å²) in [5.74, 6) is 0. The van der Waals surface area contributed by atoms with Crippen LogP contribution in [0.25, 0.3) is 0 Å². The molecule has 0 fully saturated rings. The Morgan fingerprint density at radius 1 is 0.900 bits per heavy atom. The average Bonchev–Trinajstić information content (AvgIpc) is 2.48. The fourth-order valence-electron chi connectivity index (χ4n) is 1.51. The average molecular weight is 291 g/mol. The van der Waals surface area contributed by atoms with Crippen LogP contribution in [0, 0.1) is 0 Å². The normalized spacial score (nSPS) is 14.4. The predicted octanol–water partition coefficient (Wildman–Crippen LogP) is 1.59. The molecule has 2 N–H and O–H groups in total. The van der Waals surface area contributed by atoms with E-state index in [0.29, 0.717) is 33.0 Å². The van der Waals surface area contributed by atoms with Crippen molar-refractivity contribution >= 4 is 0 Å². The Labute approximate surface area is 124 Å². The topological polar surface area (TPSA) is 60.0 Å². The summed E-state index contributed by atoms with van der Waals surface area (Å²) in [5.41, 5.74) is -0.199. The Hall–Kier alpha value is -0.200. The van der Waals surface area contributed by atoms with E-state index in [4.69, 9.17) is 14.2 Å². The number of ether oxygens (including phenoxy) is 3. The first-order valence-corrected chi connectivity index (χ1v) is 7.77. The number of rotatable bonds is 15. The highest BCUT2D eigenvalue weighted by molar-refractivity contribution is 4.79. The lowest BCUT2D eigenvalue weighted by atomic mass is 10.0. The van der Waals surface area contributed by atoms with Gasteiger partial charge >= 0.3 is 0 Å². The van der Waals surface area contributed by atoms with E-state index in [0.717, 1.165) is 32.4 Å². The van der Waals surface area contributed by atoms with Crippen molar-refractivity contribution in [1.82, 2.24) is 5.32 Å². The first-order chi connectivity index (χ1) is 9.68. The van der Waals surface area contributed by atoms with E-state index >= 15 is 0 Å². The third-order valence-electron chi connectivity index (χ3n) is 3.31. The van der Waals surface area contributed by atoms with Gasteiger partial charge in [-0.25, -0.2) is 0 Å². The molecule has 0 bridgehead atoms. The van der Waals surface area contributed by atoms with E-state index in [1.807, 2.05) is 6.92 Å². The van der Waals surface area contributed by atoms with E-state index in [1.54, 1.807) is 0 Å². The Kier molecular flexibility index (Phi) is 13.6. The SMILES string of the molecule is CCCCOCCOCCOCCNC(C)(CC)CO. The van der Waals surface area contributed by atoms with Gasteiger partial charge in [0.25, 0.3) is 0 Å². The summed E-state index contributed by atoms with van der Waals surface area (Å²) in [5, 5.41) is 12.5. The molecular formula is C15H33NO4. The number of aliphatic hydroxyl groups excluding tert-OH is 1. The first-order valence-electron chi connectivity index (χ1n) is 7.77. The molecule has 0 saturated carbocycles. The van der Waals surface area contributed by atoms with Crippen molar-refractivity contribution in [2.75, 3.05) is 52.8 Å². The zero-order valence-corrected chi connectivity index (χ0v) is 13.5. The van der Waals surface area contributed by atoms with Crippen LogP contribution >= 0.6 is 0 Å². The first kappa shape index (κ1) is 19.8. The minimum atomic E-state index is -0.199. The molecule has 0 radical (unpaired) electrons. The fourth-order valence-corrected chi connectivity index (χ4v) is 1.51. The number of hydrogen-bond acceptors (Lipinski definition) is 5. The van der Waals surface area contributed by atoms with Crippen molar-refractivity contribution in [3.8, 4) is 0 Å². The summed E-state index contributed by atoms with van der Waals surface area (Å²) < 4.78 is 16.2. The van der Waals surface area contributed by atoms with Crippen molar-refractivity contribution in [1.29, 1.82) is 0 Å². The predicted molar refractivity (Wildman–Crippen MR) is 81.1 cm³/mol. The molecule has 0 aliphatic heterocycles. The molecule has 0 aromatic rings. The number of aliphatic hydroxyl groups is 1. The standard InChI is InChI=1S/C15H33NO4/c1-4-6-8-18-10-12-20-13-11-19-9-7-16-15(3,5-2)14-17/h16-17H,4-14H2,1-3H3. The lowest BCUT2D eigenvalue weighted by Crippen LogP contribution is -2.46. The molecule has 1 unspecified atom stereocenters. The minimum absolute atomic E-state index is 0.143. The summed E-state index contributed by atoms with van der Waals surface area (Å²) in [6.07, 6.45) is 3.17. The molecule has 0 aromatic heterocycles. The van der Waals surface area contributed by atoms with Crippen molar-refractivity contribution in [2.45, 2.75) is 45.6 Å². The second-order valence-electron chi connectivity index (χ2n) is 5.19. The molecule has 122 valence electrons. The zero-order valence-electron chi connectivity index (χ0n) is 13.5. The van der Waals surface area contributed by atoms with Gasteiger partial charge in [0.15, 0.2) is 0 Å². The van der Waals surface area contributed by atoms with Gasteiger partial charge in [-0.05, 0) is 19.8 Å². The van der Waals surface area contributed by atoms with E-state index in [2.05, 4.69) is 19.2 Å². The largest absolute Gasteiger partial charge is 0.394 e. The summed E-state index contributed by atoms with van der Waals surface area (Å²) in [4.78, 5) is 0. The second-order valence-corrected chi connectivity index (χ2v) is 5.19. The molecule has 0 heterocycles. The summed E-state index contributed by atoms with van der Waals surface area (Å²) in [6.45, 7) is 11.0. The smallest absolute Gasteiger partial charge is 0.0701 e. The maximum absolute atomic E-state index is 9.23. The Balaban J connectivity index is 3.17. The van der Waals surface area contributed by atoms with Crippen LogP contribution in [0.5, 0.6) is 0 Å². The van der Waals surface area contributed by atoms with Gasteiger partial charge in [-0.3, -0.25) is 0 Å². The Morgan fingerprint density at radius 2 is 1.45 bits per heavy atom. The highest BCUT2D eigenvalue weighted by Crippen LogP contribution is 2.06. The van der Waals surface area contributed by atoms with Gasteiger partial charge in [-0.2, -0.15) is 0 Å². The van der Waals surface area contributed by atoms with Crippen LogP contribution < -0.4 is 5.32 Å². The zero-order chi connectivity index (χ0) is 15.1. The van der Waals surface area contributed by atoms with E-state index in [9.17, 15) is 5.11 Å². The Morgan fingerprint density at radius 3 is 1.95 bits per heavy atom. The third kappa shape index (κ3) is 11.6. The maximum atomic E-state index is 9.23. The van der Waals surface area contributed by atoms with Gasteiger partial charge in [0.1, 0.15) is 0 Å². The molecule has 5 heteroatoms. The molecule has 0 rings (SSSR count). The molecule has 0 aliphatic carbocycles. The van der Waals surface area contributed by atoms with E-state index < -0.39 is 0 Å². The summed E-state index contributed by atoms with van der Waals surface area (Å²) in [7, 11) is 0. The number of unbranched alkanes of at least 4 members (excludes halogenated alkanes) is 1. The van der Waals surface area contributed by atoms with E-state index in [1.165, 1.54) is 0 Å². The number of hydrogen-bond donors (Lipinski definition) is 2. The third-order valence-corrected chi connectivity index (χ3v) is 3.31. The van der Waals surface area contributed by atoms with Crippen LogP contribution in [0.4, 0.5) is 0 Å². The van der Waals surface area contributed by atoms with Crippen molar-refractivity contribution in [3.63, 3.8) is 0 Å². The lowest BCUT2D eigenvalue weighted by molar-refractivity contribution is 0.0133.